The van der Waals surface area contributed by atoms with E-state index in [4.69, 9.17) is 9.84 Å². The van der Waals surface area contributed by atoms with Crippen molar-refractivity contribution < 1.29 is 14.6 Å². The second kappa shape index (κ2) is 11.1. The lowest BCUT2D eigenvalue weighted by Crippen LogP contribution is -2.32. The van der Waals surface area contributed by atoms with Gasteiger partial charge in [-0.05, 0) is 25.7 Å². The van der Waals surface area contributed by atoms with E-state index in [1.807, 2.05) is 4.67 Å². The second-order valence-corrected chi connectivity index (χ2v) is 7.99. The number of nitrogens with zero attached hydrogens (tertiary/aromatic N) is 2. The molecule has 0 amide bonds. The lowest BCUT2D eigenvalue weighted by Gasteiger charge is -2.19. The van der Waals surface area contributed by atoms with Gasteiger partial charge in [0.25, 0.3) is 0 Å². The molecule has 2 aliphatic rings. The summed E-state index contributed by atoms with van der Waals surface area (Å²) in [6.07, 6.45) is 0.191. The molecule has 0 saturated carbocycles. The van der Waals surface area contributed by atoms with E-state index < -0.39 is 0 Å². The van der Waals surface area contributed by atoms with Gasteiger partial charge in [-0.2, -0.15) is 0 Å². The fourth-order valence-corrected chi connectivity index (χ4v) is 4.62. The van der Waals surface area contributed by atoms with E-state index in [0.29, 0.717) is 5.92 Å². The van der Waals surface area contributed by atoms with Gasteiger partial charge in [-0.1, -0.05) is 39.6 Å². The van der Waals surface area contributed by atoms with E-state index in [1.54, 1.807) is 14.0 Å². The first-order valence-corrected chi connectivity index (χ1v) is 9.24. The third-order valence-corrected chi connectivity index (χ3v) is 6.45. The fraction of sp³-hybridized carbons (Fsp3) is 0.938. The Labute approximate surface area is 147 Å². The first-order chi connectivity index (χ1) is 10.7. The minimum atomic E-state index is 0.0138. The molecule has 0 aliphatic carbocycles. The van der Waals surface area contributed by atoms with Gasteiger partial charge in [0, 0.05) is 39.3 Å². The molecule has 2 unspecified atom stereocenters. The summed E-state index contributed by atoms with van der Waals surface area (Å²) in [7, 11) is 8.08. The molecule has 2 fully saturated rings. The zero-order valence-corrected chi connectivity index (χ0v) is 18.0. The Morgan fingerprint density at radius 1 is 1.04 bits per heavy atom. The maximum Gasteiger partial charge on any atom is 0.147 e. The summed E-state index contributed by atoms with van der Waals surface area (Å²) in [5.41, 5.74) is 0. The molecule has 2 rings (SSSR count). The van der Waals surface area contributed by atoms with Crippen molar-refractivity contribution in [3.05, 3.63) is 0 Å². The van der Waals surface area contributed by atoms with Crippen LogP contribution in [-0.4, -0.2) is 65.7 Å². The average molecular weight is 366 g/mol. The van der Waals surface area contributed by atoms with Gasteiger partial charge in [-0.25, -0.2) is 0 Å². The molecule has 0 aromatic heterocycles. The Balaban J connectivity index is 0.000000392. The molecule has 0 radical (unpaired) electrons. The van der Waals surface area contributed by atoms with Gasteiger partial charge < -0.3 is 9.84 Å². The minimum Gasteiger partial charge on any atom is -0.400 e. The third-order valence-electron chi connectivity index (χ3n) is 5.23. The van der Waals surface area contributed by atoms with E-state index in [1.165, 1.54) is 6.54 Å². The quantitative estimate of drug-likeness (QED) is 0.759. The Morgan fingerprint density at radius 2 is 1.57 bits per heavy atom. The summed E-state index contributed by atoms with van der Waals surface area (Å²) in [5.74, 6) is 2.25. The van der Waals surface area contributed by atoms with Crippen LogP contribution in [0.1, 0.15) is 34.6 Å². The van der Waals surface area contributed by atoms with E-state index in [-0.39, 0.29) is 17.9 Å². The molecule has 2 saturated heterocycles. The van der Waals surface area contributed by atoms with Crippen LogP contribution in [0.5, 0.6) is 0 Å². The van der Waals surface area contributed by atoms with Crippen molar-refractivity contribution in [2.24, 2.45) is 17.8 Å². The number of ketones is 1. The molecule has 138 valence electrons. The molecule has 0 aromatic rings. The number of carbonyl (C=O) groups excluding carboxylic acids is 1. The predicted octanol–water partition coefficient (Wildman–Crippen LogP) is 2.06. The molecule has 23 heavy (non-hydrogen) atoms. The van der Waals surface area contributed by atoms with Crippen molar-refractivity contribution in [3.63, 3.8) is 0 Å². The number of methoxy groups -OCH3 is 1. The predicted molar refractivity (Wildman–Crippen MR) is 103 cm³/mol. The van der Waals surface area contributed by atoms with Gasteiger partial charge in [0.05, 0.1) is 12.1 Å². The van der Waals surface area contributed by atoms with Crippen LogP contribution < -0.4 is 0 Å². The number of carbonyl (C=O) groups is 1. The largest absolute Gasteiger partial charge is 0.400 e. The fourth-order valence-electron chi connectivity index (χ4n) is 3.33. The highest BCUT2D eigenvalue weighted by Gasteiger charge is 2.39. The van der Waals surface area contributed by atoms with E-state index in [2.05, 4.69) is 51.1 Å². The second-order valence-electron chi connectivity index (χ2n) is 6.66. The highest BCUT2D eigenvalue weighted by Crippen LogP contribution is 2.31. The molecule has 2 aliphatic heterocycles. The zero-order chi connectivity index (χ0) is 18.3. The standard InChI is InChI=1S/C8H16NO2P.C7H16NP.CH4O/c1-5-7(11-3)4-9(12)8(5)6(2)10;1-5-4-8(9)7(3)6(5)2;1-2/h5,7-8H,4,12H2,1-3H3;5-7H,4,9H2,1-3H3;2H,1H3/t5-,7+,8+;5-,6-,7-;/m11./s1. The molecule has 0 spiro atoms. The molecule has 1 N–H and O–H groups in total. The number of aliphatic hydroxyl groups is 1. The summed E-state index contributed by atoms with van der Waals surface area (Å²) in [6.45, 7) is 12.7. The SMILES string of the molecule is CO.CO[C@H]1CN(P)[C@H](C(C)=O)[C@@H]1C.C[C@@H]1[C@H](C)CN(P)[C@@H]1C. The van der Waals surface area contributed by atoms with Crippen LogP contribution in [0.15, 0.2) is 0 Å². The van der Waals surface area contributed by atoms with Crippen LogP contribution >= 0.6 is 18.8 Å². The molecule has 0 aromatic carbocycles. The van der Waals surface area contributed by atoms with Crippen molar-refractivity contribution in [2.75, 3.05) is 27.3 Å². The Bertz CT molecular complexity index is 348. The zero-order valence-electron chi connectivity index (χ0n) is 15.7. The van der Waals surface area contributed by atoms with E-state index in [9.17, 15) is 4.79 Å². The smallest absolute Gasteiger partial charge is 0.147 e. The number of Topliss-reactive ketones (excluding diaryl/α,β-unsaturated/α-hetero) is 1. The summed E-state index contributed by atoms with van der Waals surface area (Å²) in [5, 5.41) is 7.00. The normalized spacial score (nSPS) is 37.7. The molecular weight excluding hydrogens is 330 g/mol. The summed E-state index contributed by atoms with van der Waals surface area (Å²) in [4.78, 5) is 11.2. The average Bonchev–Trinajstić information content (AvgIpc) is 2.92. The number of hydrogen-bond donors (Lipinski definition) is 1. The first-order valence-electron chi connectivity index (χ1n) is 8.21. The van der Waals surface area contributed by atoms with Crippen molar-refractivity contribution in [3.8, 4) is 0 Å². The Morgan fingerprint density at radius 3 is 1.74 bits per heavy atom. The summed E-state index contributed by atoms with van der Waals surface area (Å²) < 4.78 is 9.61. The van der Waals surface area contributed by atoms with Gasteiger partial charge in [-0.15, -0.1) is 0 Å². The molecule has 5 nitrogen and oxygen atoms in total. The van der Waals surface area contributed by atoms with E-state index in [0.717, 1.165) is 31.5 Å². The summed E-state index contributed by atoms with van der Waals surface area (Å²) in [6, 6.07) is 0.768. The maximum absolute atomic E-state index is 11.2. The van der Waals surface area contributed by atoms with Crippen molar-refractivity contribution in [1.82, 2.24) is 9.34 Å². The van der Waals surface area contributed by atoms with E-state index >= 15 is 0 Å². The molecular formula is C16H36N2O3P2. The summed E-state index contributed by atoms with van der Waals surface area (Å²) >= 11 is 0. The van der Waals surface area contributed by atoms with Crippen LogP contribution in [0.3, 0.4) is 0 Å². The van der Waals surface area contributed by atoms with Gasteiger partial charge in [0.1, 0.15) is 5.78 Å². The first kappa shape index (κ1) is 23.4. The lowest BCUT2D eigenvalue weighted by atomic mass is 9.95. The number of ether oxygens (including phenoxy) is 1. The number of aliphatic hydroxyl groups excluding tert-OH is 1. The number of rotatable bonds is 2. The van der Waals surface area contributed by atoms with Crippen LogP contribution in [0.4, 0.5) is 0 Å². The highest BCUT2D eigenvalue weighted by molar-refractivity contribution is 7.13. The topological polar surface area (TPSA) is 53.0 Å². The third kappa shape index (κ3) is 6.30. The molecule has 7 heteroatoms. The molecule has 8 atom stereocenters. The Hall–Kier alpha value is 0.370. The van der Waals surface area contributed by atoms with Crippen LogP contribution in [0, 0.1) is 17.8 Å². The minimum absolute atomic E-state index is 0.0138. The monoisotopic (exact) mass is 366 g/mol. The van der Waals surface area contributed by atoms with Gasteiger partial charge in [0.2, 0.25) is 0 Å². The van der Waals surface area contributed by atoms with Crippen LogP contribution in [0.25, 0.3) is 0 Å². The van der Waals surface area contributed by atoms with Crippen molar-refractivity contribution in [1.29, 1.82) is 0 Å². The van der Waals surface area contributed by atoms with Gasteiger partial charge in [-0.3, -0.25) is 14.1 Å². The lowest BCUT2D eigenvalue weighted by molar-refractivity contribution is -0.121. The maximum atomic E-state index is 11.2. The van der Waals surface area contributed by atoms with Crippen LogP contribution in [0.2, 0.25) is 0 Å². The number of hydrogen-bond acceptors (Lipinski definition) is 5. The van der Waals surface area contributed by atoms with Crippen LogP contribution in [-0.2, 0) is 9.53 Å². The Kier molecular flexibility index (Phi) is 11.3. The molecule has 0 bridgehead atoms. The van der Waals surface area contributed by atoms with Crippen molar-refractivity contribution in [2.45, 2.75) is 52.8 Å². The van der Waals surface area contributed by atoms with Gasteiger partial charge in [0.15, 0.2) is 0 Å². The van der Waals surface area contributed by atoms with Crippen molar-refractivity contribution >= 4 is 24.6 Å². The van der Waals surface area contributed by atoms with Gasteiger partial charge >= 0.3 is 0 Å². The molecule has 2 heterocycles. The highest BCUT2D eigenvalue weighted by atomic mass is 31.0.